The lowest BCUT2D eigenvalue weighted by Crippen LogP contribution is -2.42. The maximum absolute atomic E-state index is 11.7. The van der Waals surface area contributed by atoms with Crippen LogP contribution in [0.1, 0.15) is 23.2 Å². The highest BCUT2D eigenvalue weighted by atomic mass is 35.5. The van der Waals surface area contributed by atoms with E-state index in [1.807, 2.05) is 0 Å². The quantitative estimate of drug-likeness (QED) is 0.806. The van der Waals surface area contributed by atoms with Gasteiger partial charge in [-0.2, -0.15) is 0 Å². The number of carbonyl (C=O) groups is 2. The molecule has 0 radical (unpaired) electrons. The molecule has 1 aromatic rings. The monoisotopic (exact) mass is 330 g/mol. The van der Waals surface area contributed by atoms with E-state index in [2.05, 4.69) is 10.9 Å². The fraction of sp³-hybridized carbons (Fsp3) is 0.385. The molecule has 1 aromatic carbocycles. The Hall–Kier alpha value is -1.60. The van der Waals surface area contributed by atoms with Gasteiger partial charge in [0.2, 0.25) is 5.91 Å². The number of benzene rings is 1. The second kappa shape index (κ2) is 6.44. The number of halogens is 1. The molecule has 21 heavy (non-hydrogen) atoms. The van der Waals surface area contributed by atoms with Gasteiger partial charge in [0, 0.05) is 17.0 Å². The highest BCUT2D eigenvalue weighted by Crippen LogP contribution is 2.21. The van der Waals surface area contributed by atoms with E-state index in [0.29, 0.717) is 17.0 Å². The van der Waals surface area contributed by atoms with Crippen molar-refractivity contribution in [1.29, 1.82) is 0 Å². The summed E-state index contributed by atoms with van der Waals surface area (Å²) in [6, 6.07) is 6.21. The molecule has 1 fully saturated rings. The molecule has 0 aliphatic carbocycles. The second-order valence-corrected chi connectivity index (χ2v) is 7.65. The van der Waals surface area contributed by atoms with E-state index in [0.717, 1.165) is 0 Å². The molecule has 0 aromatic heterocycles. The average Bonchev–Trinajstić information content (AvgIpc) is 2.76. The SMILES string of the molecule is O=C(CC1CCS(=O)(=O)C1)NNC(=O)c1ccc(Cl)cc1. The van der Waals surface area contributed by atoms with Gasteiger partial charge < -0.3 is 0 Å². The van der Waals surface area contributed by atoms with Crippen LogP contribution in [0.3, 0.4) is 0 Å². The Labute approximate surface area is 127 Å². The molecular formula is C13H15ClN2O4S. The van der Waals surface area contributed by atoms with Crippen molar-refractivity contribution >= 4 is 33.3 Å². The first-order chi connectivity index (χ1) is 9.85. The molecule has 114 valence electrons. The highest BCUT2D eigenvalue weighted by molar-refractivity contribution is 7.91. The number of hydrogen-bond donors (Lipinski definition) is 2. The minimum absolute atomic E-state index is 0.0333. The fourth-order valence-corrected chi connectivity index (χ4v) is 4.13. The summed E-state index contributed by atoms with van der Waals surface area (Å²) in [5.74, 6) is -0.880. The van der Waals surface area contributed by atoms with Crippen molar-refractivity contribution in [2.75, 3.05) is 11.5 Å². The smallest absolute Gasteiger partial charge is 0.269 e. The summed E-state index contributed by atoms with van der Waals surface area (Å²) in [7, 11) is -3.00. The predicted octanol–water partition coefficient (Wildman–Crippen LogP) is 0.926. The largest absolute Gasteiger partial charge is 0.273 e. The van der Waals surface area contributed by atoms with Crippen LogP contribution >= 0.6 is 11.6 Å². The lowest BCUT2D eigenvalue weighted by atomic mass is 10.1. The van der Waals surface area contributed by atoms with Crippen molar-refractivity contribution in [3.63, 3.8) is 0 Å². The lowest BCUT2D eigenvalue weighted by molar-refractivity contribution is -0.122. The minimum atomic E-state index is -3.00. The number of amides is 2. The Morgan fingerprint density at radius 1 is 1.19 bits per heavy atom. The van der Waals surface area contributed by atoms with Gasteiger partial charge in [-0.3, -0.25) is 20.4 Å². The molecule has 2 N–H and O–H groups in total. The average molecular weight is 331 g/mol. The molecule has 1 aliphatic rings. The van der Waals surface area contributed by atoms with Gasteiger partial charge in [0.05, 0.1) is 11.5 Å². The van der Waals surface area contributed by atoms with Crippen molar-refractivity contribution in [2.24, 2.45) is 5.92 Å². The van der Waals surface area contributed by atoms with E-state index in [9.17, 15) is 18.0 Å². The van der Waals surface area contributed by atoms with Gasteiger partial charge in [-0.05, 0) is 36.6 Å². The topological polar surface area (TPSA) is 92.3 Å². The van der Waals surface area contributed by atoms with Gasteiger partial charge >= 0.3 is 0 Å². The zero-order valence-electron chi connectivity index (χ0n) is 11.1. The summed E-state index contributed by atoms with van der Waals surface area (Å²) < 4.78 is 22.6. The summed E-state index contributed by atoms with van der Waals surface area (Å²) in [6.45, 7) is 0. The van der Waals surface area contributed by atoms with E-state index in [-0.39, 0.29) is 23.8 Å². The summed E-state index contributed by atoms with van der Waals surface area (Å²) in [6.07, 6.45) is 0.570. The van der Waals surface area contributed by atoms with Crippen molar-refractivity contribution in [1.82, 2.24) is 10.9 Å². The Bertz CT molecular complexity index is 643. The van der Waals surface area contributed by atoms with Crippen LogP contribution in [0, 0.1) is 5.92 Å². The summed E-state index contributed by atoms with van der Waals surface area (Å²) >= 11 is 5.71. The van der Waals surface area contributed by atoms with Gasteiger partial charge in [0.15, 0.2) is 9.84 Å². The number of nitrogens with one attached hydrogen (secondary N) is 2. The molecule has 6 nitrogen and oxygen atoms in total. The molecule has 8 heteroatoms. The molecule has 1 saturated heterocycles. The van der Waals surface area contributed by atoms with Crippen LogP contribution in [0.15, 0.2) is 24.3 Å². The second-order valence-electron chi connectivity index (χ2n) is 4.98. The van der Waals surface area contributed by atoms with Crippen LogP contribution in [-0.4, -0.2) is 31.7 Å². The van der Waals surface area contributed by atoms with E-state index in [1.165, 1.54) is 12.1 Å². The molecule has 2 amide bonds. The van der Waals surface area contributed by atoms with Crippen LogP contribution in [0.25, 0.3) is 0 Å². The summed E-state index contributed by atoms with van der Waals surface area (Å²) in [4.78, 5) is 23.4. The van der Waals surface area contributed by atoms with Gasteiger partial charge in [-0.15, -0.1) is 0 Å². The number of sulfone groups is 1. The van der Waals surface area contributed by atoms with Crippen LogP contribution in [-0.2, 0) is 14.6 Å². The molecule has 0 spiro atoms. The summed E-state index contributed by atoms with van der Waals surface area (Å²) in [5, 5.41) is 0.512. The zero-order chi connectivity index (χ0) is 15.5. The van der Waals surface area contributed by atoms with E-state index < -0.39 is 21.7 Å². The third-order valence-corrected chi connectivity index (χ3v) is 5.31. The number of hydrogen-bond acceptors (Lipinski definition) is 4. The van der Waals surface area contributed by atoms with Crippen molar-refractivity contribution in [3.8, 4) is 0 Å². The van der Waals surface area contributed by atoms with E-state index >= 15 is 0 Å². The number of carbonyl (C=O) groups excluding carboxylic acids is 2. The van der Waals surface area contributed by atoms with Crippen molar-refractivity contribution in [2.45, 2.75) is 12.8 Å². The van der Waals surface area contributed by atoms with Crippen LogP contribution in [0.2, 0.25) is 5.02 Å². The van der Waals surface area contributed by atoms with Gasteiger partial charge in [0.25, 0.3) is 5.91 Å². The molecule has 0 bridgehead atoms. The van der Waals surface area contributed by atoms with Crippen LogP contribution in [0.4, 0.5) is 0 Å². The van der Waals surface area contributed by atoms with Gasteiger partial charge in [0.1, 0.15) is 0 Å². The molecule has 1 unspecified atom stereocenters. The van der Waals surface area contributed by atoms with Gasteiger partial charge in [-0.25, -0.2) is 8.42 Å². The first kappa shape index (κ1) is 15.8. The normalized spacial score (nSPS) is 20.0. The molecule has 0 saturated carbocycles. The first-order valence-electron chi connectivity index (χ1n) is 6.41. The van der Waals surface area contributed by atoms with Crippen LogP contribution < -0.4 is 10.9 Å². The molecule has 1 heterocycles. The number of rotatable bonds is 3. The maximum atomic E-state index is 11.7. The standard InChI is InChI=1S/C13H15ClN2O4S/c14-11-3-1-10(2-4-11)13(18)16-15-12(17)7-9-5-6-21(19,20)8-9/h1-4,9H,5-8H2,(H,15,17)(H,16,18). The summed E-state index contributed by atoms with van der Waals surface area (Å²) in [5.41, 5.74) is 4.93. The molecular weight excluding hydrogens is 316 g/mol. The Kier molecular flexibility index (Phi) is 4.84. The third-order valence-electron chi connectivity index (χ3n) is 3.22. The van der Waals surface area contributed by atoms with Crippen molar-refractivity contribution < 1.29 is 18.0 Å². The number of hydrazine groups is 1. The van der Waals surface area contributed by atoms with Gasteiger partial charge in [-0.1, -0.05) is 11.6 Å². The molecule has 2 rings (SSSR count). The predicted molar refractivity (Wildman–Crippen MR) is 78.4 cm³/mol. The lowest BCUT2D eigenvalue weighted by Gasteiger charge is -2.10. The zero-order valence-corrected chi connectivity index (χ0v) is 12.7. The Balaban J connectivity index is 1.79. The minimum Gasteiger partial charge on any atom is -0.273 e. The first-order valence-corrected chi connectivity index (χ1v) is 8.61. The molecule has 1 aliphatic heterocycles. The molecule has 1 atom stereocenters. The Morgan fingerprint density at radius 3 is 2.43 bits per heavy atom. The van der Waals surface area contributed by atoms with Crippen molar-refractivity contribution in [3.05, 3.63) is 34.9 Å². The maximum Gasteiger partial charge on any atom is 0.269 e. The highest BCUT2D eigenvalue weighted by Gasteiger charge is 2.29. The van der Waals surface area contributed by atoms with E-state index in [1.54, 1.807) is 12.1 Å². The third kappa shape index (κ3) is 4.71. The fourth-order valence-electron chi connectivity index (χ4n) is 2.15. The van der Waals surface area contributed by atoms with Crippen LogP contribution in [0.5, 0.6) is 0 Å². The van der Waals surface area contributed by atoms with E-state index in [4.69, 9.17) is 11.6 Å². The Morgan fingerprint density at radius 2 is 1.86 bits per heavy atom.